The lowest BCUT2D eigenvalue weighted by Crippen LogP contribution is -2.38. The van der Waals surface area contributed by atoms with Crippen LogP contribution in [-0.2, 0) is 11.3 Å². The molecule has 158 valence electrons. The van der Waals surface area contributed by atoms with E-state index in [0.29, 0.717) is 11.3 Å². The first-order valence-corrected chi connectivity index (χ1v) is 11.1. The number of hydrogen-bond donors (Lipinski definition) is 1. The molecule has 5 heteroatoms. The summed E-state index contributed by atoms with van der Waals surface area (Å²) in [5, 5.41) is 3.05. The van der Waals surface area contributed by atoms with Gasteiger partial charge in [0.2, 0.25) is 5.91 Å². The Morgan fingerprint density at radius 2 is 1.70 bits per heavy atom. The van der Waals surface area contributed by atoms with Gasteiger partial charge in [0.1, 0.15) is 0 Å². The normalized spacial score (nSPS) is 17.8. The summed E-state index contributed by atoms with van der Waals surface area (Å²) in [7, 11) is 0. The molecule has 2 saturated heterocycles. The van der Waals surface area contributed by atoms with Crippen molar-refractivity contribution in [3.05, 3.63) is 65.2 Å². The summed E-state index contributed by atoms with van der Waals surface area (Å²) in [5.74, 6) is 0.0527. The van der Waals surface area contributed by atoms with Crippen molar-refractivity contribution >= 4 is 17.5 Å². The Morgan fingerprint density at radius 3 is 2.43 bits per heavy atom. The molecule has 2 aliphatic rings. The molecule has 30 heavy (non-hydrogen) atoms. The zero-order valence-electron chi connectivity index (χ0n) is 17.8. The largest absolute Gasteiger partial charge is 0.339 e. The van der Waals surface area contributed by atoms with Gasteiger partial charge in [-0.15, -0.1) is 0 Å². The minimum absolute atomic E-state index is 0.00583. The summed E-state index contributed by atoms with van der Waals surface area (Å²) < 4.78 is 0. The highest BCUT2D eigenvalue weighted by molar-refractivity contribution is 6.04. The van der Waals surface area contributed by atoms with E-state index in [4.69, 9.17) is 0 Å². The molecule has 0 saturated carbocycles. The van der Waals surface area contributed by atoms with Crippen LogP contribution in [0.1, 0.15) is 47.2 Å². The molecule has 0 spiro atoms. The smallest absolute Gasteiger partial charge is 0.255 e. The first-order valence-electron chi connectivity index (χ1n) is 11.1. The fourth-order valence-corrected chi connectivity index (χ4v) is 4.53. The van der Waals surface area contributed by atoms with Crippen LogP contribution in [0.15, 0.2) is 48.5 Å². The summed E-state index contributed by atoms with van der Waals surface area (Å²) in [5.41, 5.74) is 3.85. The minimum atomic E-state index is -0.00583. The number of amides is 2. The monoisotopic (exact) mass is 405 g/mol. The van der Waals surface area contributed by atoms with Crippen LogP contribution in [-0.4, -0.2) is 47.8 Å². The van der Waals surface area contributed by atoms with Crippen molar-refractivity contribution in [1.82, 2.24) is 9.80 Å². The quantitative estimate of drug-likeness (QED) is 0.815. The average molecular weight is 406 g/mol. The topological polar surface area (TPSA) is 52.7 Å². The van der Waals surface area contributed by atoms with Gasteiger partial charge in [0.15, 0.2) is 0 Å². The van der Waals surface area contributed by atoms with E-state index >= 15 is 0 Å². The van der Waals surface area contributed by atoms with Crippen molar-refractivity contribution in [3.63, 3.8) is 0 Å². The van der Waals surface area contributed by atoms with Crippen LogP contribution in [0.3, 0.4) is 0 Å². The zero-order chi connectivity index (χ0) is 20.9. The van der Waals surface area contributed by atoms with Crippen molar-refractivity contribution < 1.29 is 9.59 Å². The molecule has 0 bridgehead atoms. The maximum atomic E-state index is 12.9. The van der Waals surface area contributed by atoms with Crippen LogP contribution in [0, 0.1) is 12.8 Å². The third-order valence-corrected chi connectivity index (χ3v) is 6.26. The lowest BCUT2D eigenvalue weighted by Gasteiger charge is -2.31. The van der Waals surface area contributed by atoms with E-state index in [1.807, 2.05) is 29.2 Å². The summed E-state index contributed by atoms with van der Waals surface area (Å²) in [4.78, 5) is 30.1. The number of para-hydroxylation sites is 1. The Morgan fingerprint density at radius 1 is 0.967 bits per heavy atom. The highest BCUT2D eigenvalue weighted by Crippen LogP contribution is 2.24. The van der Waals surface area contributed by atoms with Crippen molar-refractivity contribution in [2.24, 2.45) is 5.92 Å². The molecular weight excluding hydrogens is 374 g/mol. The molecule has 0 aromatic heterocycles. The first kappa shape index (κ1) is 20.6. The van der Waals surface area contributed by atoms with Gasteiger partial charge in [0.05, 0.1) is 11.3 Å². The van der Waals surface area contributed by atoms with Crippen molar-refractivity contribution in [2.45, 2.75) is 39.2 Å². The molecule has 0 radical (unpaired) electrons. The number of likely N-dealkylation sites (tertiary alicyclic amines) is 2. The van der Waals surface area contributed by atoms with Crippen molar-refractivity contribution in [1.29, 1.82) is 0 Å². The Kier molecular flexibility index (Phi) is 6.48. The van der Waals surface area contributed by atoms with Gasteiger partial charge in [-0.05, 0) is 63.4 Å². The van der Waals surface area contributed by atoms with Crippen LogP contribution < -0.4 is 5.32 Å². The number of aryl methyl sites for hydroxylation is 1. The summed E-state index contributed by atoms with van der Waals surface area (Å²) in [6.45, 7) is 6.50. The van der Waals surface area contributed by atoms with Gasteiger partial charge in [0.25, 0.3) is 5.91 Å². The molecular formula is C25H31N3O2. The van der Waals surface area contributed by atoms with E-state index in [1.165, 1.54) is 11.1 Å². The Labute approximate surface area is 179 Å². The fourth-order valence-electron chi connectivity index (χ4n) is 4.53. The van der Waals surface area contributed by atoms with Gasteiger partial charge in [-0.3, -0.25) is 14.5 Å². The Balaban J connectivity index is 1.33. The number of piperidine rings is 1. The minimum Gasteiger partial charge on any atom is -0.339 e. The van der Waals surface area contributed by atoms with Crippen LogP contribution in [0.2, 0.25) is 0 Å². The molecule has 2 aromatic rings. The highest BCUT2D eigenvalue weighted by Gasteiger charge is 2.27. The van der Waals surface area contributed by atoms with Gasteiger partial charge < -0.3 is 10.2 Å². The fraction of sp³-hybridized carbons (Fsp3) is 0.440. The SMILES string of the molecule is Cc1cccc(CN2CCC(C(=O)Nc3ccccc3C(=O)N3CCCC3)CC2)c1. The van der Waals surface area contributed by atoms with E-state index in [-0.39, 0.29) is 17.7 Å². The van der Waals surface area contributed by atoms with Gasteiger partial charge in [-0.2, -0.15) is 0 Å². The first-order chi connectivity index (χ1) is 14.6. The molecule has 0 atom stereocenters. The number of nitrogens with one attached hydrogen (secondary N) is 1. The second-order valence-electron chi connectivity index (χ2n) is 8.57. The maximum Gasteiger partial charge on any atom is 0.255 e. The highest BCUT2D eigenvalue weighted by atomic mass is 16.2. The zero-order valence-corrected chi connectivity index (χ0v) is 17.8. The number of benzene rings is 2. The number of rotatable bonds is 5. The predicted octanol–water partition coefficient (Wildman–Crippen LogP) is 4.08. The molecule has 2 aliphatic heterocycles. The summed E-state index contributed by atoms with van der Waals surface area (Å²) in [6.07, 6.45) is 3.81. The van der Waals surface area contributed by atoms with Crippen molar-refractivity contribution in [3.8, 4) is 0 Å². The van der Waals surface area contributed by atoms with E-state index in [0.717, 1.165) is 58.4 Å². The lowest BCUT2D eigenvalue weighted by atomic mass is 9.95. The van der Waals surface area contributed by atoms with Gasteiger partial charge >= 0.3 is 0 Å². The van der Waals surface area contributed by atoms with E-state index in [9.17, 15) is 9.59 Å². The molecule has 2 amide bonds. The van der Waals surface area contributed by atoms with Gasteiger partial charge in [-0.1, -0.05) is 42.0 Å². The van der Waals surface area contributed by atoms with Gasteiger partial charge in [0, 0.05) is 25.6 Å². The molecule has 1 N–H and O–H groups in total. The second-order valence-corrected chi connectivity index (χ2v) is 8.57. The lowest BCUT2D eigenvalue weighted by molar-refractivity contribution is -0.121. The number of carbonyl (C=O) groups excluding carboxylic acids is 2. The number of anilines is 1. The second kappa shape index (κ2) is 9.43. The molecule has 2 fully saturated rings. The molecule has 2 heterocycles. The molecule has 0 unspecified atom stereocenters. The number of nitrogens with zero attached hydrogens (tertiary/aromatic N) is 2. The third-order valence-electron chi connectivity index (χ3n) is 6.26. The number of carbonyl (C=O) groups is 2. The summed E-state index contributed by atoms with van der Waals surface area (Å²) >= 11 is 0. The number of hydrogen-bond acceptors (Lipinski definition) is 3. The predicted molar refractivity (Wildman–Crippen MR) is 119 cm³/mol. The third kappa shape index (κ3) is 4.90. The van der Waals surface area contributed by atoms with E-state index in [2.05, 4.69) is 41.4 Å². The van der Waals surface area contributed by atoms with E-state index in [1.54, 1.807) is 0 Å². The molecule has 2 aromatic carbocycles. The molecule has 4 rings (SSSR count). The molecule has 5 nitrogen and oxygen atoms in total. The van der Waals surface area contributed by atoms with Crippen LogP contribution in [0.4, 0.5) is 5.69 Å². The van der Waals surface area contributed by atoms with E-state index < -0.39 is 0 Å². The van der Waals surface area contributed by atoms with Crippen LogP contribution in [0.5, 0.6) is 0 Å². The Hall–Kier alpha value is -2.66. The van der Waals surface area contributed by atoms with Crippen LogP contribution in [0.25, 0.3) is 0 Å². The molecule has 0 aliphatic carbocycles. The average Bonchev–Trinajstić information content (AvgIpc) is 3.29. The van der Waals surface area contributed by atoms with Gasteiger partial charge in [-0.25, -0.2) is 0 Å². The Bertz CT molecular complexity index is 897. The van der Waals surface area contributed by atoms with Crippen molar-refractivity contribution in [2.75, 3.05) is 31.5 Å². The van der Waals surface area contributed by atoms with Crippen LogP contribution >= 0.6 is 0 Å². The standard InChI is InChI=1S/C25H31N3O2/c1-19-7-6-8-20(17-19)18-27-15-11-21(12-16-27)24(29)26-23-10-3-2-9-22(23)25(30)28-13-4-5-14-28/h2-3,6-10,17,21H,4-5,11-16,18H2,1H3,(H,26,29). The maximum absolute atomic E-state index is 12.9. The summed E-state index contributed by atoms with van der Waals surface area (Å²) in [6, 6.07) is 16.0.